The fraction of sp³-hybridized carbons (Fsp3) is 0.435. The van der Waals surface area contributed by atoms with Crippen LogP contribution in [0.2, 0.25) is 0 Å². The first-order valence-electron chi connectivity index (χ1n) is 10.7. The van der Waals surface area contributed by atoms with Crippen LogP contribution in [0, 0.1) is 0 Å². The standard InChI is InChI=1S/C23H23Br2NO10/c1-10(27)31-9-17-20(32-11(2)28)21(33-12(3)29)22(34-13(4)30)23(35-17)36-19-16(25)8-15(24)14-6-5-7-26-18(14)19/h5-8,17,20-23H,9H2,1-4H3/t17-,20-,21+,22-,23+/m1/s1. The number of hydrogen-bond donors (Lipinski definition) is 0. The van der Waals surface area contributed by atoms with Crippen LogP contribution in [0.4, 0.5) is 0 Å². The molecule has 1 aliphatic rings. The highest BCUT2D eigenvalue weighted by Crippen LogP contribution is 2.40. The molecule has 0 aliphatic carbocycles. The molecule has 2 heterocycles. The molecule has 0 saturated carbocycles. The highest BCUT2D eigenvalue weighted by atomic mass is 79.9. The van der Waals surface area contributed by atoms with Crippen molar-refractivity contribution < 1.29 is 47.6 Å². The molecular formula is C23H23Br2NO10. The lowest BCUT2D eigenvalue weighted by atomic mass is 9.98. The topological polar surface area (TPSA) is 137 Å². The van der Waals surface area contributed by atoms with Gasteiger partial charge in [-0.2, -0.15) is 0 Å². The third-order valence-corrected chi connectivity index (χ3v) is 6.18. The lowest BCUT2D eigenvalue weighted by Crippen LogP contribution is -2.63. The summed E-state index contributed by atoms with van der Waals surface area (Å²) in [6.07, 6.45) is -4.93. The number of carbonyl (C=O) groups is 4. The van der Waals surface area contributed by atoms with E-state index in [2.05, 4.69) is 36.8 Å². The van der Waals surface area contributed by atoms with Crippen LogP contribution in [0.5, 0.6) is 5.75 Å². The quantitative estimate of drug-likeness (QED) is 0.329. The number of benzene rings is 1. The van der Waals surface area contributed by atoms with Crippen molar-refractivity contribution in [2.24, 2.45) is 0 Å². The summed E-state index contributed by atoms with van der Waals surface area (Å²) in [6.45, 7) is 4.27. The van der Waals surface area contributed by atoms with Crippen LogP contribution < -0.4 is 4.74 Å². The summed E-state index contributed by atoms with van der Waals surface area (Å²) in [5.74, 6) is -2.56. The summed E-state index contributed by atoms with van der Waals surface area (Å²) in [6, 6.07) is 5.31. The van der Waals surface area contributed by atoms with Gasteiger partial charge in [0.25, 0.3) is 0 Å². The van der Waals surface area contributed by atoms with Crippen LogP contribution in [-0.4, -0.2) is 66.2 Å². The summed E-state index contributed by atoms with van der Waals surface area (Å²) < 4.78 is 34.7. The molecule has 1 aromatic carbocycles. The Hall–Kier alpha value is -2.77. The van der Waals surface area contributed by atoms with Gasteiger partial charge in [-0.05, 0) is 28.1 Å². The van der Waals surface area contributed by atoms with Crippen molar-refractivity contribution in [1.82, 2.24) is 4.98 Å². The normalized spacial score (nSPS) is 23.4. The second-order valence-electron chi connectivity index (χ2n) is 7.75. The van der Waals surface area contributed by atoms with Crippen LogP contribution in [0.3, 0.4) is 0 Å². The van der Waals surface area contributed by atoms with E-state index < -0.39 is 54.6 Å². The van der Waals surface area contributed by atoms with E-state index >= 15 is 0 Å². The number of hydrogen-bond acceptors (Lipinski definition) is 11. The second kappa shape index (κ2) is 12.0. The number of fused-ring (bicyclic) bond motifs is 1. The monoisotopic (exact) mass is 631 g/mol. The van der Waals surface area contributed by atoms with Gasteiger partial charge in [0.15, 0.2) is 18.0 Å². The Balaban J connectivity index is 2.10. The lowest BCUT2D eigenvalue weighted by molar-refractivity contribution is -0.288. The van der Waals surface area contributed by atoms with E-state index in [0.717, 1.165) is 30.6 Å². The van der Waals surface area contributed by atoms with Crippen molar-refractivity contribution in [3.63, 3.8) is 0 Å². The number of rotatable bonds is 7. The molecule has 0 spiro atoms. The van der Waals surface area contributed by atoms with Crippen LogP contribution in [0.15, 0.2) is 33.3 Å². The minimum absolute atomic E-state index is 0.245. The first kappa shape index (κ1) is 27.8. The van der Waals surface area contributed by atoms with Gasteiger partial charge < -0.3 is 28.4 Å². The lowest BCUT2D eigenvalue weighted by Gasteiger charge is -2.44. The zero-order valence-corrected chi connectivity index (χ0v) is 22.9. The Morgan fingerprint density at radius 3 is 2.11 bits per heavy atom. The Kier molecular flexibility index (Phi) is 9.25. The smallest absolute Gasteiger partial charge is 0.303 e. The zero-order chi connectivity index (χ0) is 26.6. The summed E-state index contributed by atoms with van der Waals surface area (Å²) >= 11 is 6.93. The van der Waals surface area contributed by atoms with Gasteiger partial charge in [0.05, 0.1) is 4.47 Å². The molecule has 0 radical (unpaired) electrons. The van der Waals surface area contributed by atoms with Gasteiger partial charge in [-0.3, -0.25) is 24.2 Å². The summed E-state index contributed by atoms with van der Waals surface area (Å²) in [4.78, 5) is 51.7. The van der Waals surface area contributed by atoms with Crippen molar-refractivity contribution in [2.45, 2.75) is 58.4 Å². The van der Waals surface area contributed by atoms with Gasteiger partial charge in [0.1, 0.15) is 18.2 Å². The molecule has 11 nitrogen and oxygen atoms in total. The van der Waals surface area contributed by atoms with Crippen molar-refractivity contribution in [1.29, 1.82) is 0 Å². The van der Waals surface area contributed by atoms with Crippen molar-refractivity contribution >= 4 is 66.6 Å². The Labute approximate surface area is 222 Å². The molecule has 13 heteroatoms. The molecule has 0 N–H and O–H groups in total. The van der Waals surface area contributed by atoms with E-state index in [1.807, 2.05) is 6.07 Å². The SMILES string of the molecule is CC(=O)OC[C@H]1O[C@@H](Oc2c(Br)cc(Br)c3cccnc23)[C@H](OC(C)=O)[C@@H](OC(C)=O)[C@@H]1OC(C)=O. The largest absolute Gasteiger partial charge is 0.463 e. The maximum absolute atomic E-state index is 12.0. The van der Waals surface area contributed by atoms with Gasteiger partial charge in [-0.1, -0.05) is 22.0 Å². The summed E-state index contributed by atoms with van der Waals surface area (Å²) in [5.41, 5.74) is 0.451. The van der Waals surface area contributed by atoms with Crippen molar-refractivity contribution in [2.75, 3.05) is 6.61 Å². The summed E-state index contributed by atoms with van der Waals surface area (Å²) in [7, 11) is 0. The van der Waals surface area contributed by atoms with E-state index in [4.69, 9.17) is 28.4 Å². The molecule has 1 aliphatic heterocycles. The number of aromatic nitrogens is 1. The predicted octanol–water partition coefficient (Wildman–Crippen LogP) is 3.22. The average molecular weight is 633 g/mol. The number of esters is 4. The second-order valence-corrected chi connectivity index (χ2v) is 9.46. The summed E-state index contributed by atoms with van der Waals surface area (Å²) in [5, 5.41) is 0.723. The molecule has 0 unspecified atom stereocenters. The minimum Gasteiger partial charge on any atom is -0.463 e. The molecular weight excluding hydrogens is 610 g/mol. The van der Waals surface area contributed by atoms with E-state index in [1.54, 1.807) is 18.3 Å². The van der Waals surface area contributed by atoms with E-state index in [-0.39, 0.29) is 12.4 Å². The zero-order valence-electron chi connectivity index (χ0n) is 19.7. The van der Waals surface area contributed by atoms with Gasteiger partial charge in [0, 0.05) is 43.8 Å². The van der Waals surface area contributed by atoms with Gasteiger partial charge in [-0.15, -0.1) is 0 Å². The molecule has 194 valence electrons. The Morgan fingerprint density at radius 1 is 0.889 bits per heavy atom. The van der Waals surface area contributed by atoms with Gasteiger partial charge in [0.2, 0.25) is 12.4 Å². The molecule has 1 saturated heterocycles. The Bertz CT molecular complexity index is 1170. The molecule has 2 aromatic rings. The fourth-order valence-corrected chi connectivity index (χ4v) is 5.02. The van der Waals surface area contributed by atoms with Crippen molar-refractivity contribution in [3.05, 3.63) is 33.3 Å². The van der Waals surface area contributed by atoms with E-state index in [9.17, 15) is 19.2 Å². The Morgan fingerprint density at radius 2 is 1.50 bits per heavy atom. The number of halogens is 2. The number of carbonyl (C=O) groups excluding carboxylic acids is 4. The maximum Gasteiger partial charge on any atom is 0.303 e. The highest BCUT2D eigenvalue weighted by Gasteiger charge is 2.53. The number of ether oxygens (including phenoxy) is 6. The van der Waals surface area contributed by atoms with Crippen LogP contribution in [0.25, 0.3) is 10.9 Å². The third-order valence-electron chi connectivity index (χ3n) is 4.93. The van der Waals surface area contributed by atoms with Crippen LogP contribution in [-0.2, 0) is 42.9 Å². The molecule has 5 atom stereocenters. The maximum atomic E-state index is 12.0. The molecule has 1 aromatic heterocycles. The van der Waals surface area contributed by atoms with Crippen LogP contribution in [0.1, 0.15) is 27.7 Å². The predicted molar refractivity (Wildman–Crippen MR) is 130 cm³/mol. The molecule has 1 fully saturated rings. The van der Waals surface area contributed by atoms with Crippen molar-refractivity contribution in [3.8, 4) is 5.75 Å². The molecule has 0 bridgehead atoms. The third kappa shape index (κ3) is 6.71. The first-order valence-corrected chi connectivity index (χ1v) is 12.3. The van der Waals surface area contributed by atoms with Gasteiger partial charge in [-0.25, -0.2) is 0 Å². The molecule has 36 heavy (non-hydrogen) atoms. The fourth-order valence-electron chi connectivity index (χ4n) is 3.66. The molecule has 3 rings (SSSR count). The van der Waals surface area contributed by atoms with E-state index in [1.165, 1.54) is 6.92 Å². The average Bonchev–Trinajstić information content (AvgIpc) is 2.78. The molecule has 0 amide bonds. The van der Waals surface area contributed by atoms with E-state index in [0.29, 0.717) is 9.99 Å². The van der Waals surface area contributed by atoms with Gasteiger partial charge >= 0.3 is 23.9 Å². The highest BCUT2D eigenvalue weighted by molar-refractivity contribution is 9.11. The number of nitrogens with zero attached hydrogens (tertiary/aromatic N) is 1. The minimum atomic E-state index is -1.38. The first-order chi connectivity index (χ1) is 17.0. The van der Waals surface area contributed by atoms with Crippen LogP contribution >= 0.6 is 31.9 Å². The number of pyridine rings is 1.